The SMILES string of the molecule is COc1nn2cc(-c3nc4cccc(F)c4o3)nc2s1. The van der Waals surface area contributed by atoms with Crippen LogP contribution in [0.4, 0.5) is 4.39 Å². The number of para-hydroxylation sites is 1. The van der Waals surface area contributed by atoms with Crippen molar-refractivity contribution in [3.63, 3.8) is 0 Å². The highest BCUT2D eigenvalue weighted by molar-refractivity contribution is 7.18. The fraction of sp³-hybridized carbons (Fsp3) is 0.0833. The van der Waals surface area contributed by atoms with Gasteiger partial charge in [0.1, 0.15) is 11.2 Å². The van der Waals surface area contributed by atoms with Gasteiger partial charge in [-0.3, -0.25) is 0 Å². The Bertz CT molecular complexity index is 895. The van der Waals surface area contributed by atoms with E-state index in [2.05, 4.69) is 15.1 Å². The van der Waals surface area contributed by atoms with E-state index in [4.69, 9.17) is 9.15 Å². The van der Waals surface area contributed by atoms with E-state index in [1.165, 1.54) is 17.4 Å². The predicted octanol–water partition coefficient (Wildman–Crippen LogP) is 2.75. The number of hydrogen-bond donors (Lipinski definition) is 0. The van der Waals surface area contributed by atoms with Crippen LogP contribution in [0.3, 0.4) is 0 Å². The third-order valence-corrected chi connectivity index (χ3v) is 3.67. The number of oxazole rings is 1. The largest absolute Gasteiger partial charge is 0.472 e. The van der Waals surface area contributed by atoms with Crippen molar-refractivity contribution in [2.45, 2.75) is 0 Å². The maximum Gasteiger partial charge on any atom is 0.294 e. The molecule has 0 saturated carbocycles. The third kappa shape index (κ3) is 1.58. The average Bonchev–Trinajstić information content (AvgIpc) is 3.09. The second kappa shape index (κ2) is 4.01. The van der Waals surface area contributed by atoms with E-state index in [9.17, 15) is 4.39 Å². The molecule has 0 radical (unpaired) electrons. The minimum Gasteiger partial charge on any atom is -0.472 e. The van der Waals surface area contributed by atoms with Crippen molar-refractivity contribution in [1.82, 2.24) is 19.6 Å². The molecule has 0 bridgehead atoms. The maximum atomic E-state index is 13.6. The van der Waals surface area contributed by atoms with Gasteiger partial charge in [-0.05, 0) is 23.5 Å². The topological polar surface area (TPSA) is 65.5 Å². The van der Waals surface area contributed by atoms with Gasteiger partial charge in [-0.25, -0.2) is 18.9 Å². The second-order valence-corrected chi connectivity index (χ2v) is 4.95. The molecule has 100 valence electrons. The molecule has 3 heterocycles. The molecular weight excluding hydrogens is 283 g/mol. The molecule has 1 aromatic carbocycles. The molecule has 0 aliphatic carbocycles. The fourth-order valence-corrected chi connectivity index (χ4v) is 2.59. The van der Waals surface area contributed by atoms with Crippen molar-refractivity contribution in [2.24, 2.45) is 0 Å². The highest BCUT2D eigenvalue weighted by Gasteiger charge is 2.16. The van der Waals surface area contributed by atoms with Crippen LogP contribution in [-0.4, -0.2) is 26.7 Å². The summed E-state index contributed by atoms with van der Waals surface area (Å²) in [5.74, 6) is -0.177. The molecule has 4 aromatic rings. The van der Waals surface area contributed by atoms with Gasteiger partial charge in [-0.1, -0.05) is 6.07 Å². The lowest BCUT2D eigenvalue weighted by Crippen LogP contribution is -1.84. The standard InChI is InChI=1S/C12H7FN4O2S/c1-18-12-16-17-5-8(15-11(17)20-12)10-14-7-4-2-3-6(13)9(7)19-10/h2-5H,1H3. The lowest BCUT2D eigenvalue weighted by molar-refractivity contribution is 0.405. The molecule has 0 N–H and O–H groups in total. The van der Waals surface area contributed by atoms with Crippen LogP contribution in [-0.2, 0) is 0 Å². The first kappa shape index (κ1) is 11.4. The van der Waals surface area contributed by atoms with E-state index in [0.29, 0.717) is 21.4 Å². The minimum atomic E-state index is -0.443. The molecule has 0 unspecified atom stereocenters. The summed E-state index contributed by atoms with van der Waals surface area (Å²) in [5, 5.41) is 4.67. The normalized spacial score (nSPS) is 11.5. The monoisotopic (exact) mass is 290 g/mol. The van der Waals surface area contributed by atoms with Crippen LogP contribution in [0.15, 0.2) is 28.8 Å². The maximum absolute atomic E-state index is 13.6. The number of imidazole rings is 1. The number of hydrogen-bond acceptors (Lipinski definition) is 6. The molecule has 0 aliphatic rings. The Morgan fingerprint density at radius 1 is 1.35 bits per heavy atom. The molecule has 4 rings (SSSR count). The third-order valence-electron chi connectivity index (χ3n) is 2.79. The van der Waals surface area contributed by atoms with Gasteiger partial charge in [0.2, 0.25) is 10.9 Å². The van der Waals surface area contributed by atoms with E-state index in [-0.39, 0.29) is 11.5 Å². The quantitative estimate of drug-likeness (QED) is 0.568. The van der Waals surface area contributed by atoms with Crippen LogP contribution < -0.4 is 4.74 Å². The van der Waals surface area contributed by atoms with E-state index in [1.54, 1.807) is 30.0 Å². The molecule has 0 amide bonds. The van der Waals surface area contributed by atoms with Gasteiger partial charge in [0.25, 0.3) is 5.19 Å². The van der Waals surface area contributed by atoms with Gasteiger partial charge in [0.05, 0.1) is 13.3 Å². The number of rotatable bonds is 2. The molecule has 8 heteroatoms. The van der Waals surface area contributed by atoms with E-state index < -0.39 is 5.82 Å². The van der Waals surface area contributed by atoms with Gasteiger partial charge < -0.3 is 9.15 Å². The zero-order chi connectivity index (χ0) is 13.7. The first-order valence-electron chi connectivity index (χ1n) is 5.70. The number of nitrogens with zero attached hydrogens (tertiary/aromatic N) is 4. The van der Waals surface area contributed by atoms with Crippen molar-refractivity contribution in [3.05, 3.63) is 30.2 Å². The number of aromatic nitrogens is 4. The number of benzene rings is 1. The Morgan fingerprint density at radius 2 is 2.25 bits per heavy atom. The Morgan fingerprint density at radius 3 is 3.00 bits per heavy atom. The molecule has 3 aromatic heterocycles. The van der Waals surface area contributed by atoms with E-state index in [0.717, 1.165) is 0 Å². The predicted molar refractivity (Wildman–Crippen MR) is 70.4 cm³/mol. The Hall–Kier alpha value is -2.48. The lowest BCUT2D eigenvalue weighted by Gasteiger charge is -1.87. The number of fused-ring (bicyclic) bond motifs is 2. The summed E-state index contributed by atoms with van der Waals surface area (Å²) in [6, 6.07) is 4.60. The lowest BCUT2D eigenvalue weighted by atomic mass is 10.3. The summed E-state index contributed by atoms with van der Waals surface area (Å²) >= 11 is 1.30. The molecule has 0 saturated heterocycles. The van der Waals surface area contributed by atoms with Gasteiger partial charge >= 0.3 is 0 Å². The molecule has 6 nitrogen and oxygen atoms in total. The average molecular weight is 290 g/mol. The zero-order valence-corrected chi connectivity index (χ0v) is 11.0. The highest BCUT2D eigenvalue weighted by Crippen LogP contribution is 2.28. The zero-order valence-electron chi connectivity index (χ0n) is 10.2. The van der Waals surface area contributed by atoms with Crippen LogP contribution in [0.5, 0.6) is 5.19 Å². The summed E-state index contributed by atoms with van der Waals surface area (Å²) < 4.78 is 25.6. The Kier molecular flexibility index (Phi) is 2.27. The van der Waals surface area contributed by atoms with Gasteiger partial charge in [0.15, 0.2) is 11.4 Å². The van der Waals surface area contributed by atoms with Crippen LogP contribution in [0, 0.1) is 5.82 Å². The van der Waals surface area contributed by atoms with Gasteiger partial charge in [-0.2, -0.15) is 0 Å². The number of methoxy groups -OCH3 is 1. The summed E-state index contributed by atoms with van der Waals surface area (Å²) in [4.78, 5) is 9.21. The van der Waals surface area contributed by atoms with Crippen molar-refractivity contribution >= 4 is 27.4 Å². The molecular formula is C12H7FN4O2S. The summed E-state index contributed by atoms with van der Waals surface area (Å²) in [6.45, 7) is 0. The van der Waals surface area contributed by atoms with Crippen molar-refractivity contribution in [3.8, 4) is 16.8 Å². The van der Waals surface area contributed by atoms with Gasteiger partial charge in [-0.15, -0.1) is 5.10 Å². The van der Waals surface area contributed by atoms with Crippen LogP contribution in [0.1, 0.15) is 0 Å². The highest BCUT2D eigenvalue weighted by atomic mass is 32.1. The Balaban J connectivity index is 1.87. The number of halogens is 1. The van der Waals surface area contributed by atoms with Crippen LogP contribution in [0.25, 0.3) is 27.6 Å². The summed E-state index contributed by atoms with van der Waals surface area (Å²) in [6.07, 6.45) is 1.66. The fourth-order valence-electron chi connectivity index (χ4n) is 1.89. The number of ether oxygens (including phenoxy) is 1. The van der Waals surface area contributed by atoms with Crippen molar-refractivity contribution in [1.29, 1.82) is 0 Å². The molecule has 0 fully saturated rings. The van der Waals surface area contributed by atoms with Crippen LogP contribution >= 0.6 is 11.3 Å². The van der Waals surface area contributed by atoms with E-state index >= 15 is 0 Å². The van der Waals surface area contributed by atoms with Crippen molar-refractivity contribution in [2.75, 3.05) is 7.11 Å². The van der Waals surface area contributed by atoms with Crippen LogP contribution in [0.2, 0.25) is 0 Å². The smallest absolute Gasteiger partial charge is 0.294 e. The Labute approximate surface area is 115 Å². The molecule has 0 atom stereocenters. The van der Waals surface area contributed by atoms with Crippen molar-refractivity contribution < 1.29 is 13.5 Å². The minimum absolute atomic E-state index is 0.129. The van der Waals surface area contributed by atoms with E-state index in [1.807, 2.05) is 0 Å². The molecule has 0 spiro atoms. The second-order valence-electron chi connectivity index (χ2n) is 4.03. The van der Waals surface area contributed by atoms with Gasteiger partial charge in [0, 0.05) is 0 Å². The summed E-state index contributed by atoms with van der Waals surface area (Å²) in [7, 11) is 1.54. The first-order chi connectivity index (χ1) is 9.74. The molecule has 0 aliphatic heterocycles. The first-order valence-corrected chi connectivity index (χ1v) is 6.52. The molecule has 20 heavy (non-hydrogen) atoms. The summed E-state index contributed by atoms with van der Waals surface area (Å²) in [5.41, 5.74) is 1.09.